The number of carbonyl (C=O) groups excluding carboxylic acids is 1. The van der Waals surface area contributed by atoms with Crippen molar-refractivity contribution in [1.82, 2.24) is 14.9 Å². The molecular formula is C30H35N3O2. The molecule has 4 aromatic rings. The Hall–Kier alpha value is -3.60. The summed E-state index contributed by atoms with van der Waals surface area (Å²) >= 11 is 0. The lowest BCUT2D eigenvalue weighted by Gasteiger charge is -2.10. The third-order valence-electron chi connectivity index (χ3n) is 6.35. The number of carbonyl (C=O) groups is 1. The van der Waals surface area contributed by atoms with Gasteiger partial charge in [0.2, 0.25) is 5.91 Å². The number of methoxy groups -OCH3 is 1. The summed E-state index contributed by atoms with van der Waals surface area (Å²) in [6, 6.07) is 26.7. The summed E-state index contributed by atoms with van der Waals surface area (Å²) in [7, 11) is 1.64. The van der Waals surface area contributed by atoms with E-state index in [0.29, 0.717) is 13.0 Å². The maximum atomic E-state index is 12.2. The van der Waals surface area contributed by atoms with Gasteiger partial charge in [-0.05, 0) is 61.1 Å². The summed E-state index contributed by atoms with van der Waals surface area (Å²) in [6.45, 7) is 1.69. The predicted octanol–water partition coefficient (Wildman–Crippen LogP) is 5.75. The molecule has 0 unspecified atom stereocenters. The minimum Gasteiger partial charge on any atom is -0.497 e. The molecular weight excluding hydrogens is 434 g/mol. The zero-order valence-corrected chi connectivity index (χ0v) is 20.6. The standard InChI is InChI=1S/C30H35N3O2/c1-35-26-19-17-25(18-20-26)23-30(34)31-21-9-3-6-16-29-32-27-14-7-8-15-28(27)33(29)22-10-13-24-11-4-2-5-12-24/h2,4-5,7-8,11-12,14-15,17-20H,3,6,9-10,13,16,21-23H2,1H3,(H,31,34). The van der Waals surface area contributed by atoms with Crippen LogP contribution in [0.5, 0.6) is 5.75 Å². The molecule has 4 rings (SSSR count). The van der Waals surface area contributed by atoms with Crippen LogP contribution in [0.3, 0.4) is 0 Å². The van der Waals surface area contributed by atoms with Gasteiger partial charge in [-0.3, -0.25) is 4.79 Å². The molecule has 0 saturated heterocycles. The Balaban J connectivity index is 1.21. The minimum atomic E-state index is 0.0652. The molecule has 1 aromatic heterocycles. The minimum absolute atomic E-state index is 0.0652. The number of nitrogens with one attached hydrogen (secondary N) is 1. The number of hydrogen-bond acceptors (Lipinski definition) is 3. The van der Waals surface area contributed by atoms with Crippen LogP contribution in [0.2, 0.25) is 0 Å². The number of nitrogens with zero attached hydrogens (tertiary/aromatic N) is 2. The van der Waals surface area contributed by atoms with E-state index in [-0.39, 0.29) is 5.91 Å². The molecule has 0 fully saturated rings. The fraction of sp³-hybridized carbons (Fsp3) is 0.333. The first-order valence-corrected chi connectivity index (χ1v) is 12.6. The average Bonchev–Trinajstić information content (AvgIpc) is 3.24. The number of unbranched alkanes of at least 4 members (excludes halogenated alkanes) is 2. The number of aromatic nitrogens is 2. The molecule has 0 bridgehead atoms. The number of ether oxygens (including phenoxy) is 1. The van der Waals surface area contributed by atoms with Crippen LogP contribution in [0.25, 0.3) is 11.0 Å². The molecule has 1 N–H and O–H groups in total. The first-order chi connectivity index (χ1) is 17.2. The van der Waals surface area contributed by atoms with Gasteiger partial charge in [0.15, 0.2) is 0 Å². The van der Waals surface area contributed by atoms with E-state index in [9.17, 15) is 4.79 Å². The van der Waals surface area contributed by atoms with Crippen molar-refractivity contribution >= 4 is 16.9 Å². The molecule has 1 amide bonds. The molecule has 0 spiro atoms. The highest BCUT2D eigenvalue weighted by Crippen LogP contribution is 2.19. The van der Waals surface area contributed by atoms with Gasteiger partial charge in [0.1, 0.15) is 11.6 Å². The number of benzene rings is 3. The van der Waals surface area contributed by atoms with Crippen molar-refractivity contribution < 1.29 is 9.53 Å². The Morgan fingerprint density at radius 1 is 0.829 bits per heavy atom. The van der Waals surface area contributed by atoms with E-state index in [1.54, 1.807) is 7.11 Å². The van der Waals surface area contributed by atoms with Crippen molar-refractivity contribution in [3.05, 3.63) is 95.8 Å². The Kier molecular flexibility index (Phi) is 8.93. The van der Waals surface area contributed by atoms with Crippen LogP contribution < -0.4 is 10.1 Å². The van der Waals surface area contributed by atoms with Crippen LogP contribution in [0.4, 0.5) is 0 Å². The van der Waals surface area contributed by atoms with Crippen LogP contribution in [0.15, 0.2) is 78.9 Å². The third kappa shape index (κ3) is 7.19. The van der Waals surface area contributed by atoms with Gasteiger partial charge in [-0.1, -0.05) is 61.0 Å². The topological polar surface area (TPSA) is 56.1 Å². The van der Waals surface area contributed by atoms with Crippen molar-refractivity contribution in [3.8, 4) is 5.75 Å². The molecule has 0 saturated carbocycles. The molecule has 0 aliphatic heterocycles. The van der Waals surface area contributed by atoms with Gasteiger partial charge in [-0.25, -0.2) is 4.98 Å². The monoisotopic (exact) mass is 469 g/mol. The SMILES string of the molecule is COc1ccc(CC(=O)NCCCCCc2nc3ccccc3n2CCCc2ccccc2)cc1. The second-order valence-electron chi connectivity index (χ2n) is 8.94. The molecule has 0 aliphatic rings. The molecule has 0 radical (unpaired) electrons. The zero-order valence-electron chi connectivity index (χ0n) is 20.6. The van der Waals surface area contributed by atoms with Crippen molar-refractivity contribution in [2.75, 3.05) is 13.7 Å². The molecule has 3 aromatic carbocycles. The van der Waals surface area contributed by atoms with E-state index in [1.165, 1.54) is 16.9 Å². The average molecular weight is 470 g/mol. The Morgan fingerprint density at radius 2 is 1.60 bits per heavy atom. The zero-order chi connectivity index (χ0) is 24.3. The number of fused-ring (bicyclic) bond motifs is 1. The Bertz CT molecular complexity index is 1200. The number of amides is 1. The maximum absolute atomic E-state index is 12.2. The van der Waals surface area contributed by atoms with E-state index in [1.807, 2.05) is 24.3 Å². The van der Waals surface area contributed by atoms with E-state index < -0.39 is 0 Å². The van der Waals surface area contributed by atoms with Crippen LogP contribution in [0.1, 0.15) is 42.6 Å². The van der Waals surface area contributed by atoms with E-state index in [4.69, 9.17) is 9.72 Å². The highest BCUT2D eigenvalue weighted by Gasteiger charge is 2.10. The Morgan fingerprint density at radius 3 is 2.40 bits per heavy atom. The smallest absolute Gasteiger partial charge is 0.224 e. The molecule has 0 atom stereocenters. The molecule has 5 heteroatoms. The van der Waals surface area contributed by atoms with Crippen molar-refractivity contribution in [3.63, 3.8) is 0 Å². The fourth-order valence-electron chi connectivity index (χ4n) is 4.46. The third-order valence-corrected chi connectivity index (χ3v) is 6.35. The summed E-state index contributed by atoms with van der Waals surface area (Å²) in [5.74, 6) is 2.04. The van der Waals surface area contributed by atoms with E-state index >= 15 is 0 Å². The summed E-state index contributed by atoms with van der Waals surface area (Å²) < 4.78 is 7.56. The second kappa shape index (κ2) is 12.7. The molecule has 182 valence electrons. The maximum Gasteiger partial charge on any atom is 0.224 e. The molecule has 5 nitrogen and oxygen atoms in total. The quantitative estimate of drug-likeness (QED) is 0.254. The highest BCUT2D eigenvalue weighted by molar-refractivity contribution is 5.78. The van der Waals surface area contributed by atoms with Gasteiger partial charge in [0, 0.05) is 19.5 Å². The summed E-state index contributed by atoms with van der Waals surface area (Å²) in [4.78, 5) is 17.1. The largest absolute Gasteiger partial charge is 0.497 e. The van der Waals surface area contributed by atoms with Crippen LogP contribution in [0, 0.1) is 0 Å². The summed E-state index contributed by atoms with van der Waals surface area (Å²) in [5.41, 5.74) is 4.68. The van der Waals surface area contributed by atoms with Gasteiger partial charge in [0.25, 0.3) is 0 Å². The van der Waals surface area contributed by atoms with Crippen molar-refractivity contribution in [1.29, 1.82) is 0 Å². The lowest BCUT2D eigenvalue weighted by atomic mass is 10.1. The molecule has 35 heavy (non-hydrogen) atoms. The fourth-order valence-corrected chi connectivity index (χ4v) is 4.46. The highest BCUT2D eigenvalue weighted by atomic mass is 16.5. The number of para-hydroxylation sites is 2. The van der Waals surface area contributed by atoms with Gasteiger partial charge >= 0.3 is 0 Å². The van der Waals surface area contributed by atoms with E-state index in [2.05, 4.69) is 64.5 Å². The van der Waals surface area contributed by atoms with Crippen molar-refractivity contribution in [2.45, 2.75) is 51.5 Å². The summed E-state index contributed by atoms with van der Waals surface area (Å²) in [6.07, 6.45) is 6.63. The number of rotatable bonds is 13. The number of imidazole rings is 1. The number of hydrogen-bond donors (Lipinski definition) is 1. The molecule has 1 heterocycles. The van der Waals surface area contributed by atoms with E-state index in [0.717, 1.165) is 61.9 Å². The first kappa shape index (κ1) is 24.5. The lowest BCUT2D eigenvalue weighted by Crippen LogP contribution is -2.26. The molecule has 0 aliphatic carbocycles. The van der Waals surface area contributed by atoms with Gasteiger partial charge in [-0.2, -0.15) is 0 Å². The van der Waals surface area contributed by atoms with Crippen LogP contribution >= 0.6 is 0 Å². The second-order valence-corrected chi connectivity index (χ2v) is 8.94. The van der Waals surface area contributed by atoms with Crippen LogP contribution in [-0.4, -0.2) is 29.1 Å². The lowest BCUT2D eigenvalue weighted by molar-refractivity contribution is -0.120. The number of aryl methyl sites for hydroxylation is 3. The van der Waals surface area contributed by atoms with Crippen LogP contribution in [-0.2, 0) is 30.6 Å². The summed E-state index contributed by atoms with van der Waals surface area (Å²) in [5, 5.41) is 3.04. The van der Waals surface area contributed by atoms with Gasteiger partial charge < -0.3 is 14.6 Å². The normalized spacial score (nSPS) is 11.0. The predicted molar refractivity (Wildman–Crippen MR) is 142 cm³/mol. The van der Waals surface area contributed by atoms with Crippen molar-refractivity contribution in [2.24, 2.45) is 0 Å². The van der Waals surface area contributed by atoms with Gasteiger partial charge in [0.05, 0.1) is 24.6 Å². The Labute approximate surface area is 208 Å². The van der Waals surface area contributed by atoms with Gasteiger partial charge in [-0.15, -0.1) is 0 Å². The first-order valence-electron chi connectivity index (χ1n) is 12.6.